The molecule has 3 aromatic rings. The van der Waals surface area contributed by atoms with Crippen LogP contribution in [0.1, 0.15) is 18.1 Å². The lowest BCUT2D eigenvalue weighted by atomic mass is 10.00. The van der Waals surface area contributed by atoms with E-state index in [4.69, 9.17) is 0 Å². The third kappa shape index (κ3) is 1.93. The lowest BCUT2D eigenvalue weighted by Gasteiger charge is -2.06. The fourth-order valence-electron chi connectivity index (χ4n) is 2.67. The molecule has 0 saturated heterocycles. The van der Waals surface area contributed by atoms with Gasteiger partial charge in [-0.2, -0.15) is 0 Å². The summed E-state index contributed by atoms with van der Waals surface area (Å²) < 4.78 is 13.4. The molecule has 0 aliphatic heterocycles. The molecule has 1 N–H and O–H groups in total. The second kappa shape index (κ2) is 4.54. The Hall–Kier alpha value is -2.09. The van der Waals surface area contributed by atoms with Crippen molar-refractivity contribution in [3.05, 3.63) is 59.4 Å². The number of nitrogens with one attached hydrogen (secondary N) is 1. The van der Waals surface area contributed by atoms with Crippen molar-refractivity contribution in [1.29, 1.82) is 0 Å². The Balaban J connectivity index is 2.33. The smallest absolute Gasteiger partial charge is 0.123 e. The number of halogens is 1. The molecule has 0 spiro atoms. The molecule has 19 heavy (non-hydrogen) atoms. The highest BCUT2D eigenvalue weighted by molar-refractivity contribution is 5.91. The Labute approximate surface area is 112 Å². The molecule has 1 heterocycles. The number of aromatic nitrogens is 1. The molecule has 0 radical (unpaired) electrons. The topological polar surface area (TPSA) is 15.8 Å². The number of fused-ring (bicyclic) bond motifs is 1. The molecule has 0 aliphatic carbocycles. The summed E-state index contributed by atoms with van der Waals surface area (Å²) in [5.41, 5.74) is 5.71. The van der Waals surface area contributed by atoms with Crippen molar-refractivity contribution in [3.8, 4) is 11.3 Å². The van der Waals surface area contributed by atoms with Gasteiger partial charge in [0, 0.05) is 22.2 Å². The van der Waals surface area contributed by atoms with E-state index in [1.54, 1.807) is 6.07 Å². The lowest BCUT2D eigenvalue weighted by molar-refractivity contribution is 0.629. The summed E-state index contributed by atoms with van der Waals surface area (Å²) in [7, 11) is 0. The quantitative estimate of drug-likeness (QED) is 0.672. The van der Waals surface area contributed by atoms with Gasteiger partial charge in [0.05, 0.1) is 0 Å². The van der Waals surface area contributed by atoms with E-state index in [1.165, 1.54) is 22.8 Å². The standard InChI is InChI=1S/C17H16FN/c1-3-13-15-10-12(18)8-9-16(15)19-17(13)14-7-5-4-6-11(14)2/h4-10,19H,3H2,1-2H3. The van der Waals surface area contributed by atoms with Crippen molar-refractivity contribution in [2.75, 3.05) is 0 Å². The summed E-state index contributed by atoms with van der Waals surface area (Å²) in [5, 5.41) is 0.987. The maximum Gasteiger partial charge on any atom is 0.123 e. The first-order valence-electron chi connectivity index (χ1n) is 6.57. The van der Waals surface area contributed by atoms with Gasteiger partial charge in [-0.15, -0.1) is 0 Å². The average molecular weight is 253 g/mol. The van der Waals surface area contributed by atoms with E-state index in [0.717, 1.165) is 23.0 Å². The summed E-state index contributed by atoms with van der Waals surface area (Å²) in [5.74, 6) is -0.183. The van der Waals surface area contributed by atoms with Gasteiger partial charge < -0.3 is 4.98 Å². The zero-order valence-corrected chi connectivity index (χ0v) is 11.1. The number of aryl methyl sites for hydroxylation is 2. The summed E-state index contributed by atoms with van der Waals surface area (Å²) >= 11 is 0. The van der Waals surface area contributed by atoms with Crippen LogP contribution in [-0.4, -0.2) is 4.98 Å². The summed E-state index contributed by atoms with van der Waals surface area (Å²) in [6, 6.07) is 13.2. The monoisotopic (exact) mass is 253 g/mol. The predicted octanol–water partition coefficient (Wildman–Crippen LogP) is 4.84. The fourth-order valence-corrected chi connectivity index (χ4v) is 2.67. The van der Waals surface area contributed by atoms with E-state index in [-0.39, 0.29) is 5.82 Å². The molecular formula is C17H16FN. The molecule has 2 heteroatoms. The van der Waals surface area contributed by atoms with Crippen molar-refractivity contribution in [2.45, 2.75) is 20.3 Å². The van der Waals surface area contributed by atoms with Gasteiger partial charge >= 0.3 is 0 Å². The molecule has 3 rings (SSSR count). The predicted molar refractivity (Wildman–Crippen MR) is 77.8 cm³/mol. The van der Waals surface area contributed by atoms with Crippen LogP contribution in [-0.2, 0) is 6.42 Å². The molecule has 1 aromatic heterocycles. The largest absolute Gasteiger partial charge is 0.354 e. The van der Waals surface area contributed by atoms with Gasteiger partial charge in [0.15, 0.2) is 0 Å². The van der Waals surface area contributed by atoms with Gasteiger partial charge in [-0.3, -0.25) is 0 Å². The lowest BCUT2D eigenvalue weighted by Crippen LogP contribution is -1.87. The minimum Gasteiger partial charge on any atom is -0.354 e. The number of hydrogen-bond donors (Lipinski definition) is 1. The molecule has 0 fully saturated rings. The SMILES string of the molecule is CCc1c(-c2ccccc2C)[nH]c2ccc(F)cc12. The maximum atomic E-state index is 13.4. The highest BCUT2D eigenvalue weighted by atomic mass is 19.1. The van der Waals surface area contributed by atoms with Gasteiger partial charge in [-0.25, -0.2) is 4.39 Å². The number of benzene rings is 2. The Kier molecular flexibility index (Phi) is 2.86. The Morgan fingerprint density at radius 1 is 1.11 bits per heavy atom. The number of aromatic amines is 1. The molecule has 0 bridgehead atoms. The second-order valence-electron chi connectivity index (χ2n) is 4.84. The van der Waals surface area contributed by atoms with E-state index in [1.807, 2.05) is 18.2 Å². The molecule has 0 unspecified atom stereocenters. The van der Waals surface area contributed by atoms with E-state index < -0.39 is 0 Å². The molecule has 2 aromatic carbocycles. The summed E-state index contributed by atoms with van der Waals surface area (Å²) in [4.78, 5) is 3.43. The van der Waals surface area contributed by atoms with Crippen LogP contribution < -0.4 is 0 Å². The van der Waals surface area contributed by atoms with Crippen LogP contribution in [0.4, 0.5) is 4.39 Å². The van der Waals surface area contributed by atoms with Crippen LogP contribution in [0.5, 0.6) is 0 Å². The normalized spacial score (nSPS) is 11.1. The van der Waals surface area contributed by atoms with Crippen LogP contribution in [0.25, 0.3) is 22.2 Å². The molecule has 0 saturated carbocycles. The van der Waals surface area contributed by atoms with Gasteiger partial charge in [0.2, 0.25) is 0 Å². The molecule has 96 valence electrons. The van der Waals surface area contributed by atoms with Gasteiger partial charge in [0.25, 0.3) is 0 Å². The molecular weight excluding hydrogens is 237 g/mol. The van der Waals surface area contributed by atoms with Crippen molar-refractivity contribution >= 4 is 10.9 Å². The van der Waals surface area contributed by atoms with Gasteiger partial charge in [-0.05, 0) is 42.7 Å². The van der Waals surface area contributed by atoms with Crippen molar-refractivity contribution < 1.29 is 4.39 Å². The first-order chi connectivity index (χ1) is 9.20. The van der Waals surface area contributed by atoms with Crippen molar-refractivity contribution in [1.82, 2.24) is 4.98 Å². The van der Waals surface area contributed by atoms with Gasteiger partial charge in [0.1, 0.15) is 5.82 Å². The average Bonchev–Trinajstić information content (AvgIpc) is 2.76. The zero-order chi connectivity index (χ0) is 13.4. The van der Waals surface area contributed by atoms with Gasteiger partial charge in [-0.1, -0.05) is 31.2 Å². The van der Waals surface area contributed by atoms with Crippen molar-refractivity contribution in [3.63, 3.8) is 0 Å². The fraction of sp³-hybridized carbons (Fsp3) is 0.176. The van der Waals surface area contributed by atoms with Crippen LogP contribution in [0.3, 0.4) is 0 Å². The molecule has 1 nitrogen and oxygen atoms in total. The summed E-state index contributed by atoms with van der Waals surface area (Å²) in [6.45, 7) is 4.20. The Bertz CT molecular complexity index is 740. The Morgan fingerprint density at radius 3 is 2.63 bits per heavy atom. The molecule has 0 atom stereocenters. The first-order valence-corrected chi connectivity index (χ1v) is 6.57. The van der Waals surface area contributed by atoms with Crippen molar-refractivity contribution in [2.24, 2.45) is 0 Å². The van der Waals surface area contributed by atoms with Crippen LogP contribution in [0.15, 0.2) is 42.5 Å². The minimum absolute atomic E-state index is 0.183. The molecule has 0 amide bonds. The zero-order valence-electron chi connectivity index (χ0n) is 11.1. The number of H-pyrrole nitrogens is 1. The second-order valence-corrected chi connectivity index (χ2v) is 4.84. The maximum absolute atomic E-state index is 13.4. The first kappa shape index (κ1) is 12.0. The van der Waals surface area contributed by atoms with E-state index in [9.17, 15) is 4.39 Å². The Morgan fingerprint density at radius 2 is 1.89 bits per heavy atom. The highest BCUT2D eigenvalue weighted by Gasteiger charge is 2.13. The number of hydrogen-bond acceptors (Lipinski definition) is 0. The van der Waals surface area contributed by atoms with Crippen LogP contribution in [0, 0.1) is 12.7 Å². The van der Waals surface area contributed by atoms with E-state index in [2.05, 4.69) is 31.0 Å². The third-order valence-corrected chi connectivity index (χ3v) is 3.64. The molecule has 0 aliphatic rings. The van der Waals surface area contributed by atoms with Crippen LogP contribution in [0.2, 0.25) is 0 Å². The van der Waals surface area contributed by atoms with E-state index in [0.29, 0.717) is 0 Å². The minimum atomic E-state index is -0.183. The van der Waals surface area contributed by atoms with E-state index >= 15 is 0 Å². The third-order valence-electron chi connectivity index (χ3n) is 3.64. The number of rotatable bonds is 2. The summed E-state index contributed by atoms with van der Waals surface area (Å²) in [6.07, 6.45) is 0.882. The van der Waals surface area contributed by atoms with Crippen LogP contribution >= 0.6 is 0 Å². The highest BCUT2D eigenvalue weighted by Crippen LogP contribution is 2.32.